The van der Waals surface area contributed by atoms with Crippen LogP contribution in [0.4, 0.5) is 5.13 Å². The van der Waals surface area contributed by atoms with Crippen molar-refractivity contribution in [2.24, 2.45) is 5.73 Å². The number of rotatable bonds is 3. The molecule has 0 radical (unpaired) electrons. The van der Waals surface area contributed by atoms with Crippen LogP contribution in [-0.4, -0.2) is 21.6 Å². The van der Waals surface area contributed by atoms with Gasteiger partial charge in [0.2, 0.25) is 11.0 Å². The first kappa shape index (κ1) is 16.8. The van der Waals surface area contributed by atoms with Crippen molar-refractivity contribution in [3.63, 3.8) is 0 Å². The van der Waals surface area contributed by atoms with Crippen molar-refractivity contribution in [1.82, 2.24) is 10.2 Å². The number of carbonyl (C=O) groups is 1. The molecule has 0 spiro atoms. The van der Waals surface area contributed by atoms with Crippen molar-refractivity contribution in [2.45, 2.75) is 19.4 Å². The molecule has 0 bridgehead atoms. The van der Waals surface area contributed by atoms with Gasteiger partial charge in [0.15, 0.2) is 5.01 Å². The zero-order valence-corrected chi connectivity index (χ0v) is 13.3. The number of anilines is 1. The molecule has 0 saturated heterocycles. The molecule has 2 aromatic rings. The number of nitrogens with zero attached hydrogens (tertiary/aromatic N) is 2. The molecule has 2 rings (SSSR count). The van der Waals surface area contributed by atoms with E-state index in [0.29, 0.717) is 15.2 Å². The number of amides is 1. The highest BCUT2D eigenvalue weighted by molar-refractivity contribution is 7.18. The number of carbonyl (C=O) groups excluding carboxylic acids is 1. The van der Waals surface area contributed by atoms with Crippen LogP contribution < -0.4 is 11.1 Å². The van der Waals surface area contributed by atoms with Crippen LogP contribution in [0.25, 0.3) is 10.6 Å². The average molecular weight is 333 g/mol. The number of hydrogen-bond acceptors (Lipinski definition) is 5. The van der Waals surface area contributed by atoms with Gasteiger partial charge in [0.1, 0.15) is 0 Å². The van der Waals surface area contributed by atoms with Gasteiger partial charge < -0.3 is 5.73 Å². The van der Waals surface area contributed by atoms with E-state index < -0.39 is 5.54 Å². The van der Waals surface area contributed by atoms with Crippen molar-refractivity contribution in [3.8, 4) is 10.6 Å². The summed E-state index contributed by atoms with van der Waals surface area (Å²) >= 11 is 7.33. The fraction of sp³-hybridized carbons (Fsp3) is 0.250. The van der Waals surface area contributed by atoms with Gasteiger partial charge in [0, 0.05) is 5.56 Å². The third-order valence-electron chi connectivity index (χ3n) is 2.33. The monoisotopic (exact) mass is 332 g/mol. The molecule has 0 saturated carbocycles. The summed E-state index contributed by atoms with van der Waals surface area (Å²) in [5, 5.41) is 12.2. The lowest BCUT2D eigenvalue weighted by atomic mass is 10.1. The van der Waals surface area contributed by atoms with Gasteiger partial charge in [-0.3, -0.25) is 10.1 Å². The smallest absolute Gasteiger partial charge is 0.245 e. The summed E-state index contributed by atoms with van der Waals surface area (Å²) in [5.41, 5.74) is 5.52. The van der Waals surface area contributed by atoms with Crippen molar-refractivity contribution in [3.05, 3.63) is 29.3 Å². The fourth-order valence-electron chi connectivity index (χ4n) is 1.28. The molecule has 1 aromatic carbocycles. The molecule has 5 nitrogen and oxygen atoms in total. The van der Waals surface area contributed by atoms with E-state index in [1.807, 2.05) is 18.2 Å². The van der Waals surface area contributed by atoms with E-state index in [4.69, 9.17) is 17.3 Å². The minimum Gasteiger partial charge on any atom is -0.318 e. The molecule has 0 fully saturated rings. The molecular weight excluding hydrogens is 319 g/mol. The lowest BCUT2D eigenvalue weighted by molar-refractivity contribution is -0.120. The molecule has 1 heterocycles. The number of halogens is 2. The molecule has 0 aliphatic carbocycles. The summed E-state index contributed by atoms with van der Waals surface area (Å²) in [6.45, 7) is 3.25. The van der Waals surface area contributed by atoms with E-state index in [2.05, 4.69) is 15.5 Å². The molecule has 0 atom stereocenters. The molecule has 108 valence electrons. The van der Waals surface area contributed by atoms with Gasteiger partial charge in [-0.05, 0) is 19.9 Å². The van der Waals surface area contributed by atoms with Crippen LogP contribution in [0.5, 0.6) is 0 Å². The van der Waals surface area contributed by atoms with Gasteiger partial charge in [-0.2, -0.15) is 0 Å². The van der Waals surface area contributed by atoms with Gasteiger partial charge in [0.25, 0.3) is 0 Å². The SMILES string of the molecule is CC(C)(N)C(=O)Nc1nnc(-c2ccccc2Cl)s1.Cl. The largest absolute Gasteiger partial charge is 0.318 e. The Morgan fingerprint density at radius 3 is 2.60 bits per heavy atom. The zero-order valence-electron chi connectivity index (χ0n) is 10.9. The Morgan fingerprint density at radius 1 is 1.35 bits per heavy atom. The molecule has 0 aliphatic heterocycles. The number of benzene rings is 1. The first-order valence-electron chi connectivity index (χ1n) is 5.56. The fourth-order valence-corrected chi connectivity index (χ4v) is 2.33. The Hall–Kier alpha value is -1.21. The molecule has 3 N–H and O–H groups in total. The Labute approximate surface area is 132 Å². The van der Waals surface area contributed by atoms with E-state index in [-0.39, 0.29) is 18.3 Å². The lowest BCUT2D eigenvalue weighted by Crippen LogP contribution is -2.45. The predicted octanol–water partition coefficient (Wildman–Crippen LogP) is 2.96. The Balaban J connectivity index is 0.00000200. The molecule has 20 heavy (non-hydrogen) atoms. The topological polar surface area (TPSA) is 80.9 Å². The highest BCUT2D eigenvalue weighted by Crippen LogP contribution is 2.31. The lowest BCUT2D eigenvalue weighted by Gasteiger charge is -2.15. The third-order valence-corrected chi connectivity index (χ3v) is 3.54. The maximum Gasteiger partial charge on any atom is 0.245 e. The van der Waals surface area contributed by atoms with E-state index in [0.717, 1.165) is 5.56 Å². The Kier molecular flexibility index (Phi) is 5.47. The van der Waals surface area contributed by atoms with Crippen LogP contribution in [0.15, 0.2) is 24.3 Å². The summed E-state index contributed by atoms with van der Waals surface area (Å²) in [6, 6.07) is 7.33. The standard InChI is InChI=1S/C12H13ClN4OS.ClH/c1-12(2,14)10(18)15-11-17-16-9(19-11)7-5-3-4-6-8(7)13;/h3-6H,14H2,1-2H3,(H,15,17,18);1H. The highest BCUT2D eigenvalue weighted by Gasteiger charge is 2.23. The van der Waals surface area contributed by atoms with E-state index in [9.17, 15) is 4.79 Å². The van der Waals surface area contributed by atoms with Gasteiger partial charge in [0.05, 0.1) is 10.6 Å². The number of aromatic nitrogens is 2. The minimum absolute atomic E-state index is 0. The van der Waals surface area contributed by atoms with Crippen LogP contribution in [0, 0.1) is 0 Å². The van der Waals surface area contributed by atoms with Crippen molar-refractivity contribution >= 4 is 46.4 Å². The Morgan fingerprint density at radius 2 is 2.00 bits per heavy atom. The molecular formula is C12H14Cl2N4OS. The van der Waals surface area contributed by atoms with Crippen molar-refractivity contribution in [2.75, 3.05) is 5.32 Å². The van der Waals surface area contributed by atoms with Crippen LogP contribution in [0.2, 0.25) is 5.02 Å². The summed E-state index contributed by atoms with van der Waals surface area (Å²) in [6.07, 6.45) is 0. The van der Waals surface area contributed by atoms with Gasteiger partial charge >= 0.3 is 0 Å². The molecule has 1 amide bonds. The van der Waals surface area contributed by atoms with Crippen molar-refractivity contribution < 1.29 is 4.79 Å². The van der Waals surface area contributed by atoms with Crippen LogP contribution in [0.3, 0.4) is 0 Å². The molecule has 0 aliphatic rings. The number of hydrogen-bond donors (Lipinski definition) is 2. The quantitative estimate of drug-likeness (QED) is 0.905. The minimum atomic E-state index is -0.962. The summed E-state index contributed by atoms with van der Waals surface area (Å²) in [4.78, 5) is 11.7. The number of nitrogens with two attached hydrogens (primary N) is 1. The molecule has 0 unspecified atom stereocenters. The van der Waals surface area contributed by atoms with Gasteiger partial charge in [-0.1, -0.05) is 41.1 Å². The second-order valence-corrected chi connectivity index (χ2v) is 5.95. The predicted molar refractivity (Wildman–Crippen MR) is 84.5 cm³/mol. The van der Waals surface area contributed by atoms with Crippen LogP contribution in [-0.2, 0) is 4.79 Å². The van der Waals surface area contributed by atoms with Crippen molar-refractivity contribution in [1.29, 1.82) is 0 Å². The maximum absolute atomic E-state index is 11.7. The molecule has 1 aromatic heterocycles. The molecule has 8 heteroatoms. The van der Waals surface area contributed by atoms with Gasteiger partial charge in [-0.15, -0.1) is 22.6 Å². The first-order valence-corrected chi connectivity index (χ1v) is 6.76. The number of nitrogens with one attached hydrogen (secondary N) is 1. The zero-order chi connectivity index (χ0) is 14.0. The van der Waals surface area contributed by atoms with Crippen LogP contribution in [0.1, 0.15) is 13.8 Å². The van der Waals surface area contributed by atoms with Crippen LogP contribution >= 0.6 is 35.3 Å². The van der Waals surface area contributed by atoms with E-state index >= 15 is 0 Å². The van der Waals surface area contributed by atoms with E-state index in [1.165, 1.54) is 11.3 Å². The average Bonchev–Trinajstić information content (AvgIpc) is 2.76. The summed E-state index contributed by atoms with van der Waals surface area (Å²) in [5.74, 6) is -0.311. The normalized spacial score (nSPS) is 10.8. The second kappa shape index (κ2) is 6.49. The third kappa shape index (κ3) is 3.89. The first-order chi connectivity index (χ1) is 8.88. The van der Waals surface area contributed by atoms with Gasteiger partial charge in [-0.25, -0.2) is 0 Å². The summed E-state index contributed by atoms with van der Waals surface area (Å²) in [7, 11) is 0. The summed E-state index contributed by atoms with van der Waals surface area (Å²) < 4.78 is 0. The van der Waals surface area contributed by atoms with E-state index in [1.54, 1.807) is 19.9 Å². The maximum atomic E-state index is 11.7. The second-order valence-electron chi connectivity index (χ2n) is 4.57. The highest BCUT2D eigenvalue weighted by atomic mass is 35.5. The Bertz CT molecular complexity index is 609.